The van der Waals surface area contributed by atoms with Gasteiger partial charge in [0.15, 0.2) is 0 Å². The number of nitriles is 5. The average molecular weight is 545 g/mol. The van der Waals surface area contributed by atoms with E-state index in [4.69, 9.17) is 19.7 Å². The molecule has 8 heteroatoms. The van der Waals surface area contributed by atoms with Crippen LogP contribution in [0, 0.1) is 83.3 Å². The van der Waals surface area contributed by atoms with Gasteiger partial charge in [-0.15, -0.1) is 0 Å². The second-order valence-corrected chi connectivity index (χ2v) is 9.36. The fraction of sp³-hybridized carbons (Fsp3) is 0.0286. The molecule has 0 bridgehead atoms. The molecule has 5 rings (SSSR count). The third-order valence-corrected chi connectivity index (χ3v) is 7.23. The molecule has 192 valence electrons. The lowest BCUT2D eigenvalue weighted by molar-refractivity contribution is 1.41. The summed E-state index contributed by atoms with van der Waals surface area (Å²) >= 11 is 0. The number of fused-ring (bicyclic) bond motifs is 2. The molecule has 3 aromatic rings. The first kappa shape index (κ1) is 27.1. The van der Waals surface area contributed by atoms with Gasteiger partial charge in [0.1, 0.15) is 6.07 Å². The third kappa shape index (κ3) is 3.92. The predicted octanol–water partition coefficient (Wildman–Crippen LogP) is 7.30. The molecule has 43 heavy (non-hydrogen) atoms. The van der Waals surface area contributed by atoms with Gasteiger partial charge in [0.2, 0.25) is 5.70 Å². The molecule has 8 nitrogen and oxygen atoms in total. The summed E-state index contributed by atoms with van der Waals surface area (Å²) in [5, 5.41) is 50.2. The molecule has 2 aliphatic carbocycles. The zero-order valence-corrected chi connectivity index (χ0v) is 22.3. The van der Waals surface area contributed by atoms with Gasteiger partial charge in [-0.25, -0.2) is 25.1 Å². The average Bonchev–Trinajstić information content (AvgIpc) is 3.54. The maximum atomic E-state index is 10.6. The smallest absolute Gasteiger partial charge is 0.237 e. The molecule has 0 aromatic heterocycles. The number of benzene rings is 3. The minimum Gasteiger partial charge on any atom is -0.237 e. The summed E-state index contributed by atoms with van der Waals surface area (Å²) in [5.41, 5.74) is 3.31. The van der Waals surface area contributed by atoms with Gasteiger partial charge in [-0.05, 0) is 64.1 Å². The number of hydrogen-bond acceptors (Lipinski definition) is 5. The molecule has 0 atom stereocenters. The lowest BCUT2D eigenvalue weighted by Crippen LogP contribution is -2.00. The Labute approximate surface area is 247 Å². The van der Waals surface area contributed by atoms with Crippen LogP contribution in [0.15, 0.2) is 66.0 Å². The minimum absolute atomic E-state index is 0.0376. The van der Waals surface area contributed by atoms with Crippen molar-refractivity contribution in [3.8, 4) is 30.3 Å². The topological polar surface area (TPSA) is 132 Å². The van der Waals surface area contributed by atoms with Crippen molar-refractivity contribution in [1.82, 2.24) is 0 Å². The Kier molecular flexibility index (Phi) is 6.69. The zero-order valence-electron chi connectivity index (χ0n) is 22.3. The van der Waals surface area contributed by atoms with Crippen LogP contribution >= 0.6 is 0 Å². The monoisotopic (exact) mass is 544 g/mol. The summed E-state index contributed by atoms with van der Waals surface area (Å²) < 4.78 is 0. The number of rotatable bonds is 2. The lowest BCUT2D eigenvalue weighted by Gasteiger charge is -2.14. The summed E-state index contributed by atoms with van der Waals surface area (Å²) in [6.07, 6.45) is 0. The van der Waals surface area contributed by atoms with E-state index in [2.05, 4.69) is 26.7 Å². The van der Waals surface area contributed by atoms with Gasteiger partial charge in [0.05, 0.1) is 60.7 Å². The first-order chi connectivity index (χ1) is 20.9. The van der Waals surface area contributed by atoms with Gasteiger partial charge < -0.3 is 0 Å². The Balaban J connectivity index is 2.00. The van der Waals surface area contributed by atoms with E-state index in [0.29, 0.717) is 22.3 Å². The van der Waals surface area contributed by atoms with Gasteiger partial charge in [-0.2, -0.15) is 15.8 Å². The molecular formula is C35H12N8. The van der Waals surface area contributed by atoms with Crippen LogP contribution < -0.4 is 0 Å². The van der Waals surface area contributed by atoms with E-state index < -0.39 is 0 Å². The van der Waals surface area contributed by atoms with Crippen molar-refractivity contribution in [2.24, 2.45) is 0 Å². The molecule has 0 saturated carbocycles. The van der Waals surface area contributed by atoms with E-state index in [1.807, 2.05) is 37.3 Å². The van der Waals surface area contributed by atoms with Crippen molar-refractivity contribution in [1.29, 1.82) is 26.3 Å². The normalized spacial score (nSPS) is 14.8. The van der Waals surface area contributed by atoms with E-state index >= 15 is 0 Å². The summed E-state index contributed by atoms with van der Waals surface area (Å²) in [5.74, 6) is 0. The highest BCUT2D eigenvalue weighted by Gasteiger charge is 2.40. The molecule has 0 saturated heterocycles. The van der Waals surface area contributed by atoms with Crippen LogP contribution in [0.5, 0.6) is 0 Å². The molecular weight excluding hydrogens is 532 g/mol. The van der Waals surface area contributed by atoms with Crippen molar-refractivity contribution in [2.45, 2.75) is 6.92 Å². The van der Waals surface area contributed by atoms with Crippen molar-refractivity contribution in [3.63, 3.8) is 0 Å². The van der Waals surface area contributed by atoms with Gasteiger partial charge in [-0.1, -0.05) is 42.0 Å². The molecule has 0 fully saturated rings. The van der Waals surface area contributed by atoms with Crippen LogP contribution in [-0.2, 0) is 0 Å². The molecule has 3 aromatic carbocycles. The number of hydrogen-bond donors (Lipinski definition) is 0. The Morgan fingerprint density at radius 1 is 0.651 bits per heavy atom. The minimum atomic E-state index is -0.359. The summed E-state index contributed by atoms with van der Waals surface area (Å²) in [6, 6.07) is 25.2. The highest BCUT2D eigenvalue weighted by atomic mass is 14.7. The van der Waals surface area contributed by atoms with Crippen molar-refractivity contribution >= 4 is 33.6 Å². The maximum absolute atomic E-state index is 10.6. The SMILES string of the molecule is [C-]#[N+]C1=C(c2ccc(C)cc2)/C(=C(/C#N)[N+]#[C-])c2cc3c(c(C#N)c21)/C(=C(/C#N)[N+]#[C-])C(c1ccc(C#N)cc1)=C3C#N. The molecule has 0 spiro atoms. The van der Waals surface area contributed by atoms with Crippen LogP contribution in [0.3, 0.4) is 0 Å². The Morgan fingerprint density at radius 2 is 1.23 bits per heavy atom. The van der Waals surface area contributed by atoms with Crippen molar-refractivity contribution < 1.29 is 0 Å². The van der Waals surface area contributed by atoms with Crippen LogP contribution in [0.4, 0.5) is 0 Å². The van der Waals surface area contributed by atoms with Gasteiger partial charge in [0.25, 0.3) is 11.4 Å². The number of aryl methyl sites for hydroxylation is 1. The first-order valence-electron chi connectivity index (χ1n) is 12.4. The molecule has 0 N–H and O–H groups in total. The van der Waals surface area contributed by atoms with E-state index in [-0.39, 0.29) is 67.2 Å². The van der Waals surface area contributed by atoms with Gasteiger partial charge >= 0.3 is 0 Å². The molecule has 0 unspecified atom stereocenters. The lowest BCUT2D eigenvalue weighted by atomic mass is 9.87. The third-order valence-electron chi connectivity index (χ3n) is 7.23. The first-order valence-corrected chi connectivity index (χ1v) is 12.4. The van der Waals surface area contributed by atoms with Crippen molar-refractivity contribution in [3.05, 3.63) is 150 Å². The highest BCUT2D eigenvalue weighted by Crippen LogP contribution is 2.56. The predicted molar refractivity (Wildman–Crippen MR) is 158 cm³/mol. The molecule has 0 heterocycles. The maximum Gasteiger partial charge on any atom is 0.270 e. The highest BCUT2D eigenvalue weighted by molar-refractivity contribution is 6.30. The fourth-order valence-electron chi connectivity index (χ4n) is 5.44. The quantitative estimate of drug-likeness (QED) is 0.247. The summed E-state index contributed by atoms with van der Waals surface area (Å²) in [7, 11) is 0. The number of allylic oxidation sites excluding steroid dienone is 7. The van der Waals surface area contributed by atoms with E-state index in [0.717, 1.165) is 5.56 Å². The van der Waals surface area contributed by atoms with E-state index in [1.165, 1.54) is 12.1 Å². The molecule has 0 radical (unpaired) electrons. The summed E-state index contributed by atoms with van der Waals surface area (Å²) in [6.45, 7) is 25.5. The Hall–Kier alpha value is -7.46. The largest absolute Gasteiger partial charge is 0.270 e. The Morgan fingerprint density at radius 3 is 1.74 bits per heavy atom. The van der Waals surface area contributed by atoms with Crippen LogP contribution in [0.25, 0.3) is 48.1 Å². The van der Waals surface area contributed by atoms with Gasteiger partial charge in [0, 0.05) is 16.7 Å². The molecule has 0 aliphatic heterocycles. The van der Waals surface area contributed by atoms with Crippen LogP contribution in [0.2, 0.25) is 0 Å². The number of nitrogens with zero attached hydrogens (tertiary/aromatic N) is 8. The standard InChI is InChI=1S/C35H12N8/c1-19-5-9-22(10-6-19)30-33(27(17-39)41-2)24-13-23-25(15-37)29(21-11-7-20(14-36)8-12-21)34(28(18-40)42-3)31(23)26(16-38)32(24)35(30)43-4/h5-13H,1H3/b33-27-,34-28-. The summed E-state index contributed by atoms with van der Waals surface area (Å²) in [4.78, 5) is 10.6. The van der Waals surface area contributed by atoms with Crippen LogP contribution in [-0.4, -0.2) is 0 Å². The van der Waals surface area contributed by atoms with Gasteiger partial charge in [-0.3, -0.25) is 0 Å². The van der Waals surface area contributed by atoms with E-state index in [1.54, 1.807) is 30.3 Å². The second-order valence-electron chi connectivity index (χ2n) is 9.36. The van der Waals surface area contributed by atoms with E-state index in [9.17, 15) is 26.3 Å². The van der Waals surface area contributed by atoms with Crippen LogP contribution in [0.1, 0.15) is 50.1 Å². The molecule has 2 aliphatic rings. The zero-order chi connectivity index (χ0) is 30.8. The fourth-order valence-corrected chi connectivity index (χ4v) is 5.44. The molecule has 0 amide bonds. The van der Waals surface area contributed by atoms with Crippen molar-refractivity contribution in [2.75, 3.05) is 0 Å². The Bertz CT molecular complexity index is 2250. The second kappa shape index (κ2) is 10.6.